The van der Waals surface area contributed by atoms with Crippen molar-refractivity contribution in [1.29, 1.82) is 0 Å². The van der Waals surface area contributed by atoms with Crippen LogP contribution < -0.4 is 0 Å². The second kappa shape index (κ2) is 6.05. The van der Waals surface area contributed by atoms with E-state index in [4.69, 9.17) is 0 Å². The fourth-order valence-electron chi connectivity index (χ4n) is 3.99. The average molecular weight is 303 g/mol. The molecule has 122 valence electrons. The molecular formula is C18H29N3O. The molecule has 2 heterocycles. The molecule has 3 rings (SSSR count). The van der Waals surface area contributed by atoms with Gasteiger partial charge in [0, 0.05) is 12.7 Å². The Morgan fingerprint density at radius 1 is 1.27 bits per heavy atom. The molecule has 1 aliphatic carbocycles. The van der Waals surface area contributed by atoms with E-state index >= 15 is 0 Å². The van der Waals surface area contributed by atoms with Gasteiger partial charge in [-0.05, 0) is 30.6 Å². The van der Waals surface area contributed by atoms with Gasteiger partial charge in [-0.1, -0.05) is 40.0 Å². The van der Waals surface area contributed by atoms with Crippen molar-refractivity contribution < 1.29 is 4.79 Å². The molecule has 0 bridgehead atoms. The number of hydrogen-bond acceptors (Lipinski definition) is 2. The van der Waals surface area contributed by atoms with Crippen molar-refractivity contribution in [3.63, 3.8) is 0 Å². The molecule has 0 saturated heterocycles. The Morgan fingerprint density at radius 3 is 2.68 bits per heavy atom. The summed E-state index contributed by atoms with van der Waals surface area (Å²) in [6.45, 7) is 8.23. The lowest BCUT2D eigenvalue weighted by atomic mass is 9.79. The molecule has 1 saturated carbocycles. The standard InChI is InChI=1S/C18H29N3O/c1-4-18(2,3)16-17(22)20(11-14-8-6-5-7-9-14)12-15-10-19-13-21(15)16/h10,13-14,16H,4-9,11-12H2,1-3H3. The molecular weight excluding hydrogens is 274 g/mol. The first-order valence-corrected chi connectivity index (χ1v) is 8.82. The van der Waals surface area contributed by atoms with Gasteiger partial charge in [-0.2, -0.15) is 0 Å². The van der Waals surface area contributed by atoms with Crippen molar-refractivity contribution >= 4 is 5.91 Å². The molecule has 1 amide bonds. The van der Waals surface area contributed by atoms with Crippen molar-refractivity contribution in [2.75, 3.05) is 6.54 Å². The smallest absolute Gasteiger partial charge is 0.246 e. The summed E-state index contributed by atoms with van der Waals surface area (Å²) in [5.74, 6) is 0.987. The number of carbonyl (C=O) groups excluding carboxylic acids is 1. The molecule has 1 atom stereocenters. The number of hydrogen-bond donors (Lipinski definition) is 0. The van der Waals surface area contributed by atoms with Gasteiger partial charge in [0.1, 0.15) is 6.04 Å². The van der Waals surface area contributed by atoms with Gasteiger partial charge >= 0.3 is 0 Å². The van der Waals surface area contributed by atoms with Crippen molar-refractivity contribution in [3.8, 4) is 0 Å². The lowest BCUT2D eigenvalue weighted by molar-refractivity contribution is -0.142. The van der Waals surface area contributed by atoms with Gasteiger partial charge < -0.3 is 9.47 Å². The minimum Gasteiger partial charge on any atom is -0.335 e. The highest BCUT2D eigenvalue weighted by molar-refractivity contribution is 5.82. The second-order valence-electron chi connectivity index (χ2n) is 7.76. The van der Waals surface area contributed by atoms with Crippen LogP contribution in [-0.4, -0.2) is 26.9 Å². The third-order valence-corrected chi connectivity index (χ3v) is 5.78. The van der Waals surface area contributed by atoms with E-state index in [0.29, 0.717) is 11.8 Å². The van der Waals surface area contributed by atoms with E-state index in [1.807, 2.05) is 12.5 Å². The molecule has 1 aromatic rings. The molecule has 0 radical (unpaired) electrons. The van der Waals surface area contributed by atoms with Crippen LogP contribution in [0.1, 0.15) is 71.0 Å². The van der Waals surface area contributed by atoms with E-state index in [2.05, 4.69) is 35.2 Å². The van der Waals surface area contributed by atoms with Gasteiger partial charge in [-0.3, -0.25) is 4.79 Å². The molecule has 0 N–H and O–H groups in total. The highest BCUT2D eigenvalue weighted by atomic mass is 16.2. The summed E-state index contributed by atoms with van der Waals surface area (Å²) >= 11 is 0. The number of rotatable bonds is 4. The molecule has 22 heavy (non-hydrogen) atoms. The molecule has 1 unspecified atom stereocenters. The Kier molecular flexibility index (Phi) is 4.28. The largest absolute Gasteiger partial charge is 0.335 e. The fraction of sp³-hybridized carbons (Fsp3) is 0.778. The Balaban J connectivity index is 1.83. The van der Waals surface area contributed by atoms with Crippen molar-refractivity contribution in [2.24, 2.45) is 11.3 Å². The quantitative estimate of drug-likeness (QED) is 0.849. The van der Waals surface area contributed by atoms with E-state index in [-0.39, 0.29) is 11.5 Å². The fourth-order valence-corrected chi connectivity index (χ4v) is 3.99. The van der Waals surface area contributed by atoms with Crippen LogP contribution >= 0.6 is 0 Å². The van der Waals surface area contributed by atoms with Gasteiger partial charge in [-0.15, -0.1) is 0 Å². The lowest BCUT2D eigenvalue weighted by Crippen LogP contribution is -2.49. The first kappa shape index (κ1) is 15.6. The summed E-state index contributed by atoms with van der Waals surface area (Å²) in [7, 11) is 0. The highest BCUT2D eigenvalue weighted by Crippen LogP contribution is 2.40. The van der Waals surface area contributed by atoms with Crippen LogP contribution in [0.4, 0.5) is 0 Å². The van der Waals surface area contributed by atoms with Crippen LogP contribution in [0, 0.1) is 11.3 Å². The lowest BCUT2D eigenvalue weighted by Gasteiger charge is -2.42. The van der Waals surface area contributed by atoms with Crippen molar-refractivity contribution in [3.05, 3.63) is 18.2 Å². The Bertz CT molecular complexity index is 528. The second-order valence-corrected chi connectivity index (χ2v) is 7.76. The molecule has 1 aliphatic heterocycles. The van der Waals surface area contributed by atoms with Gasteiger partial charge in [0.15, 0.2) is 0 Å². The zero-order valence-corrected chi connectivity index (χ0v) is 14.2. The Labute approximate surface area is 133 Å². The van der Waals surface area contributed by atoms with Gasteiger partial charge in [0.25, 0.3) is 0 Å². The van der Waals surface area contributed by atoms with Crippen LogP contribution in [0.5, 0.6) is 0 Å². The summed E-state index contributed by atoms with van der Waals surface area (Å²) in [5.41, 5.74) is 1.14. The molecule has 0 spiro atoms. The first-order valence-electron chi connectivity index (χ1n) is 8.82. The maximum atomic E-state index is 13.1. The minimum atomic E-state index is -0.104. The maximum Gasteiger partial charge on any atom is 0.246 e. The van der Waals surface area contributed by atoms with E-state index < -0.39 is 0 Å². The summed E-state index contributed by atoms with van der Waals surface area (Å²) in [4.78, 5) is 19.6. The number of nitrogens with zero attached hydrogens (tertiary/aromatic N) is 3. The van der Waals surface area contributed by atoms with Crippen LogP contribution in [0.15, 0.2) is 12.5 Å². The molecule has 0 aromatic carbocycles. The maximum absolute atomic E-state index is 13.1. The van der Waals surface area contributed by atoms with E-state index in [1.165, 1.54) is 37.8 Å². The topological polar surface area (TPSA) is 38.1 Å². The number of carbonyl (C=O) groups is 1. The zero-order chi connectivity index (χ0) is 15.7. The number of amides is 1. The molecule has 2 aliphatic rings. The monoisotopic (exact) mass is 303 g/mol. The predicted octanol–water partition coefficient (Wildman–Crippen LogP) is 3.78. The van der Waals surface area contributed by atoms with E-state index in [1.54, 1.807) is 0 Å². The SMILES string of the molecule is CCC(C)(C)C1C(=O)N(CC2CCCCC2)Cc2cncn21. The Morgan fingerprint density at radius 2 is 2.00 bits per heavy atom. The van der Waals surface area contributed by atoms with Crippen molar-refractivity contribution in [1.82, 2.24) is 14.5 Å². The summed E-state index contributed by atoms with van der Waals surface area (Å²) in [5, 5.41) is 0. The third kappa shape index (κ3) is 2.80. The summed E-state index contributed by atoms with van der Waals surface area (Å²) < 4.78 is 2.11. The number of imidazole rings is 1. The van der Waals surface area contributed by atoms with E-state index in [0.717, 1.165) is 19.5 Å². The average Bonchev–Trinajstić information content (AvgIpc) is 2.96. The minimum absolute atomic E-state index is 0.0439. The normalized spacial score (nSPS) is 23.7. The van der Waals surface area contributed by atoms with Gasteiger partial charge in [-0.25, -0.2) is 4.98 Å². The highest BCUT2D eigenvalue weighted by Gasteiger charge is 2.42. The summed E-state index contributed by atoms with van der Waals surface area (Å²) in [6.07, 6.45) is 11.3. The van der Waals surface area contributed by atoms with Crippen LogP contribution in [0.25, 0.3) is 0 Å². The van der Waals surface area contributed by atoms with Crippen LogP contribution in [0.3, 0.4) is 0 Å². The van der Waals surface area contributed by atoms with Crippen LogP contribution in [-0.2, 0) is 11.3 Å². The van der Waals surface area contributed by atoms with Crippen LogP contribution in [0.2, 0.25) is 0 Å². The zero-order valence-electron chi connectivity index (χ0n) is 14.2. The molecule has 1 fully saturated rings. The van der Waals surface area contributed by atoms with E-state index in [9.17, 15) is 4.79 Å². The number of aromatic nitrogens is 2. The first-order chi connectivity index (χ1) is 10.5. The number of fused-ring (bicyclic) bond motifs is 1. The van der Waals surface area contributed by atoms with Crippen molar-refractivity contribution in [2.45, 2.75) is 71.9 Å². The molecule has 4 nitrogen and oxygen atoms in total. The third-order valence-electron chi connectivity index (χ3n) is 5.78. The summed E-state index contributed by atoms with van der Waals surface area (Å²) in [6, 6.07) is -0.104. The molecule has 1 aromatic heterocycles. The van der Waals surface area contributed by atoms with Gasteiger partial charge in [0.05, 0.1) is 18.6 Å². The Hall–Kier alpha value is -1.32. The van der Waals surface area contributed by atoms with Gasteiger partial charge in [0.2, 0.25) is 5.91 Å². The molecule has 4 heteroatoms. The predicted molar refractivity (Wildman–Crippen MR) is 87.3 cm³/mol.